The molecule has 1 aliphatic rings. The van der Waals surface area contributed by atoms with E-state index in [9.17, 15) is 14.4 Å². The Morgan fingerprint density at radius 3 is 2.15 bits per heavy atom. The molecule has 0 radical (unpaired) electrons. The molecular formula is C19H27N3O4. The molecule has 7 nitrogen and oxygen atoms in total. The van der Waals surface area contributed by atoms with Gasteiger partial charge in [-0.05, 0) is 57.9 Å². The van der Waals surface area contributed by atoms with Gasteiger partial charge < -0.3 is 15.4 Å². The van der Waals surface area contributed by atoms with Gasteiger partial charge in [-0.3, -0.25) is 14.5 Å². The van der Waals surface area contributed by atoms with Gasteiger partial charge in [0.25, 0.3) is 5.91 Å². The second-order valence-electron chi connectivity index (χ2n) is 7.57. The van der Waals surface area contributed by atoms with E-state index < -0.39 is 5.60 Å². The fraction of sp³-hybridized carbons (Fsp3) is 0.526. The Kier molecular flexibility index (Phi) is 5.90. The van der Waals surface area contributed by atoms with Crippen molar-refractivity contribution in [1.29, 1.82) is 0 Å². The van der Waals surface area contributed by atoms with Crippen LogP contribution in [0.2, 0.25) is 0 Å². The summed E-state index contributed by atoms with van der Waals surface area (Å²) in [5, 5.41) is 0. The van der Waals surface area contributed by atoms with Crippen molar-refractivity contribution in [2.24, 2.45) is 5.92 Å². The largest absolute Gasteiger partial charge is 0.444 e. The van der Waals surface area contributed by atoms with Crippen LogP contribution in [0.25, 0.3) is 0 Å². The lowest BCUT2D eigenvalue weighted by atomic mass is 9.95. The number of imide groups is 1. The van der Waals surface area contributed by atoms with Gasteiger partial charge in [-0.25, -0.2) is 4.79 Å². The molecule has 0 spiro atoms. The summed E-state index contributed by atoms with van der Waals surface area (Å²) in [6.45, 7) is 6.33. The minimum Gasteiger partial charge on any atom is -0.444 e. The lowest BCUT2D eigenvalue weighted by Gasteiger charge is -2.34. The first-order chi connectivity index (χ1) is 12.1. The SMILES string of the molecule is CN(C(=O)c1ccc(N)cc1)C(=O)C1CCN(C(=O)OC(C)(C)C)CC1. The summed E-state index contributed by atoms with van der Waals surface area (Å²) in [4.78, 5) is 39.9. The maximum atomic E-state index is 12.6. The monoisotopic (exact) mass is 361 g/mol. The predicted molar refractivity (Wildman–Crippen MR) is 98.5 cm³/mol. The maximum Gasteiger partial charge on any atom is 0.410 e. The Balaban J connectivity index is 1.92. The van der Waals surface area contributed by atoms with Crippen LogP contribution < -0.4 is 5.73 Å². The number of likely N-dealkylation sites (tertiary alicyclic amines) is 1. The molecule has 7 heteroatoms. The fourth-order valence-corrected chi connectivity index (χ4v) is 2.83. The second-order valence-corrected chi connectivity index (χ2v) is 7.57. The molecule has 0 aromatic heterocycles. The molecule has 26 heavy (non-hydrogen) atoms. The zero-order chi connectivity index (χ0) is 19.5. The van der Waals surface area contributed by atoms with Crippen molar-refractivity contribution < 1.29 is 19.1 Å². The van der Waals surface area contributed by atoms with E-state index in [0.717, 1.165) is 4.90 Å². The number of amides is 3. The summed E-state index contributed by atoms with van der Waals surface area (Å²) in [7, 11) is 1.49. The second kappa shape index (κ2) is 7.76. The third-order valence-electron chi connectivity index (χ3n) is 4.29. The molecule has 2 rings (SSSR count). The van der Waals surface area contributed by atoms with Gasteiger partial charge in [0.15, 0.2) is 0 Å². The number of hydrogen-bond acceptors (Lipinski definition) is 5. The van der Waals surface area contributed by atoms with Crippen LogP contribution in [0.1, 0.15) is 44.0 Å². The van der Waals surface area contributed by atoms with Crippen LogP contribution in [-0.4, -0.2) is 53.4 Å². The van der Waals surface area contributed by atoms with E-state index in [1.807, 2.05) is 20.8 Å². The number of nitrogens with zero attached hydrogens (tertiary/aromatic N) is 2. The minimum atomic E-state index is -0.546. The molecular weight excluding hydrogens is 334 g/mol. The number of nitrogens with two attached hydrogens (primary N) is 1. The molecule has 1 fully saturated rings. The minimum absolute atomic E-state index is 0.226. The molecule has 0 bridgehead atoms. The number of nitrogen functional groups attached to an aromatic ring is 1. The summed E-state index contributed by atoms with van der Waals surface area (Å²) >= 11 is 0. The summed E-state index contributed by atoms with van der Waals surface area (Å²) < 4.78 is 5.35. The van der Waals surface area contributed by atoms with Crippen molar-refractivity contribution in [3.8, 4) is 0 Å². The first kappa shape index (κ1) is 19.8. The highest BCUT2D eigenvalue weighted by Crippen LogP contribution is 2.22. The van der Waals surface area contributed by atoms with Gasteiger partial charge in [-0.1, -0.05) is 0 Å². The molecule has 1 saturated heterocycles. The predicted octanol–water partition coefficient (Wildman–Crippen LogP) is 2.51. The number of piperidine rings is 1. The van der Waals surface area contributed by atoms with Crippen molar-refractivity contribution in [2.45, 2.75) is 39.2 Å². The van der Waals surface area contributed by atoms with Gasteiger partial charge in [0.1, 0.15) is 5.60 Å². The highest BCUT2D eigenvalue weighted by Gasteiger charge is 2.32. The Bertz CT molecular complexity index is 671. The van der Waals surface area contributed by atoms with Crippen LogP contribution >= 0.6 is 0 Å². The van der Waals surface area contributed by atoms with E-state index in [1.165, 1.54) is 7.05 Å². The molecule has 1 heterocycles. The van der Waals surface area contributed by atoms with E-state index in [0.29, 0.717) is 37.2 Å². The van der Waals surface area contributed by atoms with E-state index in [-0.39, 0.29) is 23.8 Å². The van der Waals surface area contributed by atoms with Gasteiger partial charge in [-0.15, -0.1) is 0 Å². The Hall–Kier alpha value is -2.57. The fourth-order valence-electron chi connectivity index (χ4n) is 2.83. The van der Waals surface area contributed by atoms with Gasteiger partial charge >= 0.3 is 6.09 Å². The molecule has 1 aliphatic heterocycles. The molecule has 0 aliphatic carbocycles. The average molecular weight is 361 g/mol. The van der Waals surface area contributed by atoms with Crippen molar-refractivity contribution in [1.82, 2.24) is 9.80 Å². The summed E-state index contributed by atoms with van der Waals surface area (Å²) in [5.41, 5.74) is 6.05. The first-order valence-electron chi connectivity index (χ1n) is 8.74. The topological polar surface area (TPSA) is 92.9 Å². The van der Waals surface area contributed by atoms with Crippen molar-refractivity contribution in [3.63, 3.8) is 0 Å². The van der Waals surface area contributed by atoms with E-state index in [4.69, 9.17) is 10.5 Å². The molecule has 3 amide bonds. The zero-order valence-corrected chi connectivity index (χ0v) is 15.8. The van der Waals surface area contributed by atoms with Crippen molar-refractivity contribution in [2.75, 3.05) is 25.9 Å². The van der Waals surface area contributed by atoms with Gasteiger partial charge in [0.05, 0.1) is 0 Å². The third kappa shape index (κ3) is 4.97. The molecule has 0 atom stereocenters. The number of hydrogen-bond donors (Lipinski definition) is 1. The van der Waals surface area contributed by atoms with Crippen LogP contribution in [0, 0.1) is 5.92 Å². The average Bonchev–Trinajstić information content (AvgIpc) is 2.59. The van der Waals surface area contributed by atoms with Crippen LogP contribution in [-0.2, 0) is 9.53 Å². The zero-order valence-electron chi connectivity index (χ0n) is 15.8. The standard InChI is InChI=1S/C19H27N3O4/c1-19(2,3)26-18(25)22-11-9-14(10-12-22)17(24)21(4)16(23)13-5-7-15(20)8-6-13/h5-8,14H,9-12,20H2,1-4H3. The van der Waals surface area contributed by atoms with Crippen molar-refractivity contribution >= 4 is 23.6 Å². The van der Waals surface area contributed by atoms with Crippen LogP contribution in [0.4, 0.5) is 10.5 Å². The lowest BCUT2D eigenvalue weighted by molar-refractivity contribution is -0.133. The third-order valence-corrected chi connectivity index (χ3v) is 4.29. The normalized spacial score (nSPS) is 15.5. The molecule has 0 saturated carbocycles. The number of rotatable bonds is 2. The highest BCUT2D eigenvalue weighted by atomic mass is 16.6. The van der Waals surface area contributed by atoms with Crippen LogP contribution in [0.3, 0.4) is 0 Å². The Morgan fingerprint density at radius 2 is 1.65 bits per heavy atom. The van der Waals surface area contributed by atoms with Gasteiger partial charge in [0, 0.05) is 37.3 Å². The smallest absolute Gasteiger partial charge is 0.410 e. The quantitative estimate of drug-likeness (QED) is 0.645. The molecule has 142 valence electrons. The van der Waals surface area contributed by atoms with Crippen LogP contribution in [0.5, 0.6) is 0 Å². The molecule has 1 aromatic carbocycles. The number of anilines is 1. The van der Waals surface area contributed by atoms with E-state index in [2.05, 4.69) is 0 Å². The summed E-state index contributed by atoms with van der Waals surface area (Å²) in [6.07, 6.45) is 0.657. The maximum absolute atomic E-state index is 12.6. The summed E-state index contributed by atoms with van der Waals surface area (Å²) in [5.74, 6) is -0.864. The van der Waals surface area contributed by atoms with E-state index in [1.54, 1.807) is 29.2 Å². The Morgan fingerprint density at radius 1 is 1.12 bits per heavy atom. The number of ether oxygens (including phenoxy) is 1. The summed E-state index contributed by atoms with van der Waals surface area (Å²) in [6, 6.07) is 6.47. The molecule has 0 unspecified atom stereocenters. The first-order valence-corrected chi connectivity index (χ1v) is 8.74. The number of carbonyl (C=O) groups is 3. The molecule has 1 aromatic rings. The number of benzene rings is 1. The lowest BCUT2D eigenvalue weighted by Crippen LogP contribution is -2.46. The van der Waals surface area contributed by atoms with Crippen molar-refractivity contribution in [3.05, 3.63) is 29.8 Å². The molecule has 2 N–H and O–H groups in total. The van der Waals surface area contributed by atoms with Gasteiger partial charge in [-0.2, -0.15) is 0 Å². The van der Waals surface area contributed by atoms with Crippen LogP contribution in [0.15, 0.2) is 24.3 Å². The highest BCUT2D eigenvalue weighted by molar-refractivity contribution is 6.05. The number of carbonyl (C=O) groups excluding carboxylic acids is 3. The van der Waals surface area contributed by atoms with Gasteiger partial charge in [0.2, 0.25) is 5.91 Å². The Labute approximate surface area is 154 Å². The van der Waals surface area contributed by atoms with E-state index >= 15 is 0 Å².